The first-order valence-electron chi connectivity index (χ1n) is 13.5. The summed E-state index contributed by atoms with van der Waals surface area (Å²) in [6.45, 7) is 10.1. The van der Waals surface area contributed by atoms with Crippen molar-refractivity contribution in [3.05, 3.63) is 99.6 Å². The highest BCUT2D eigenvalue weighted by Gasteiger charge is 2.23. The summed E-state index contributed by atoms with van der Waals surface area (Å²) in [5.74, 6) is 1.06. The Bertz CT molecular complexity index is 1200. The molecule has 208 valence electrons. The maximum atomic E-state index is 13.7. The highest BCUT2D eigenvalue weighted by molar-refractivity contribution is 5.94. The Labute approximate surface area is 231 Å². The Kier molecular flexibility index (Phi) is 11.3. The molecule has 3 aromatic carbocycles. The number of carbonyl (C=O) groups is 1. The number of amides is 1. The third-order valence-corrected chi connectivity index (χ3v) is 6.93. The van der Waals surface area contributed by atoms with Gasteiger partial charge in [-0.05, 0) is 74.8 Å². The highest BCUT2D eigenvalue weighted by Crippen LogP contribution is 2.30. The Balaban J connectivity index is 1.82. The van der Waals surface area contributed by atoms with Crippen LogP contribution in [-0.4, -0.2) is 53.4 Å². The van der Waals surface area contributed by atoms with Gasteiger partial charge in [0.1, 0.15) is 6.61 Å². The summed E-state index contributed by atoms with van der Waals surface area (Å²) in [7, 11) is 1.60. The highest BCUT2D eigenvalue weighted by atomic mass is 16.6. The molecule has 0 aliphatic carbocycles. The molecule has 0 N–H and O–H groups in total. The van der Waals surface area contributed by atoms with Crippen LogP contribution >= 0.6 is 0 Å². The molecule has 3 rings (SSSR count). The predicted molar refractivity (Wildman–Crippen MR) is 153 cm³/mol. The van der Waals surface area contributed by atoms with E-state index in [1.807, 2.05) is 53.4 Å². The largest absolute Gasteiger partial charge is 0.493 e. The number of nitrogens with zero attached hydrogens (tertiary/aromatic N) is 3. The van der Waals surface area contributed by atoms with Gasteiger partial charge < -0.3 is 19.3 Å². The number of nitro benzene ring substituents is 1. The van der Waals surface area contributed by atoms with Crippen LogP contribution in [0.15, 0.2) is 72.8 Å². The second kappa shape index (κ2) is 14.9. The van der Waals surface area contributed by atoms with Crippen molar-refractivity contribution < 1.29 is 19.2 Å². The number of rotatable bonds is 15. The molecule has 0 aliphatic heterocycles. The van der Waals surface area contributed by atoms with E-state index >= 15 is 0 Å². The molecule has 0 saturated heterocycles. The molecule has 0 aliphatic rings. The van der Waals surface area contributed by atoms with E-state index < -0.39 is 4.92 Å². The number of hydrogen-bond donors (Lipinski definition) is 0. The molecule has 1 atom stereocenters. The van der Waals surface area contributed by atoms with Crippen LogP contribution in [0.1, 0.15) is 55.1 Å². The molecule has 0 fully saturated rings. The zero-order chi connectivity index (χ0) is 28.2. The average Bonchev–Trinajstić information content (AvgIpc) is 2.97. The summed E-state index contributed by atoms with van der Waals surface area (Å²) in [6.07, 6.45) is 1.80. The second-order valence-corrected chi connectivity index (χ2v) is 9.51. The third-order valence-electron chi connectivity index (χ3n) is 6.93. The number of benzene rings is 3. The van der Waals surface area contributed by atoms with Crippen molar-refractivity contribution in [3.8, 4) is 11.5 Å². The predicted octanol–water partition coefficient (Wildman–Crippen LogP) is 6.34. The van der Waals surface area contributed by atoms with Gasteiger partial charge in [0.05, 0.1) is 12.0 Å². The molecule has 39 heavy (non-hydrogen) atoms. The fourth-order valence-corrected chi connectivity index (χ4v) is 4.49. The van der Waals surface area contributed by atoms with E-state index in [0.29, 0.717) is 30.2 Å². The van der Waals surface area contributed by atoms with E-state index in [4.69, 9.17) is 9.47 Å². The van der Waals surface area contributed by atoms with Crippen LogP contribution in [0.3, 0.4) is 0 Å². The summed E-state index contributed by atoms with van der Waals surface area (Å²) < 4.78 is 11.6. The summed E-state index contributed by atoms with van der Waals surface area (Å²) in [4.78, 5) is 28.5. The second-order valence-electron chi connectivity index (χ2n) is 9.51. The monoisotopic (exact) mass is 533 g/mol. The van der Waals surface area contributed by atoms with E-state index in [2.05, 4.69) is 25.7 Å². The normalized spacial score (nSPS) is 11.7. The summed E-state index contributed by atoms with van der Waals surface area (Å²) >= 11 is 0. The minimum Gasteiger partial charge on any atom is -0.493 e. The van der Waals surface area contributed by atoms with Crippen molar-refractivity contribution in [3.63, 3.8) is 0 Å². The number of nitro groups is 1. The SMILES string of the molecule is CCN(CC)CCCC(C)N(Cc1ccc(OC)c(OCc2ccccc2)c1)C(=O)c1ccc([N+](=O)[O-])cc1. The van der Waals surface area contributed by atoms with Crippen molar-refractivity contribution in [2.24, 2.45) is 0 Å². The Morgan fingerprint density at radius 3 is 2.26 bits per heavy atom. The van der Waals surface area contributed by atoms with Crippen molar-refractivity contribution in [1.29, 1.82) is 0 Å². The van der Waals surface area contributed by atoms with Gasteiger partial charge in [-0.1, -0.05) is 50.2 Å². The minimum absolute atomic E-state index is 0.0410. The van der Waals surface area contributed by atoms with E-state index in [9.17, 15) is 14.9 Å². The minimum atomic E-state index is -0.462. The Hall–Kier alpha value is -3.91. The van der Waals surface area contributed by atoms with Gasteiger partial charge in [-0.25, -0.2) is 0 Å². The molecule has 8 heteroatoms. The van der Waals surface area contributed by atoms with Gasteiger partial charge in [-0.2, -0.15) is 0 Å². The van der Waals surface area contributed by atoms with E-state index in [1.54, 1.807) is 7.11 Å². The van der Waals surface area contributed by atoms with Gasteiger partial charge in [-0.15, -0.1) is 0 Å². The van der Waals surface area contributed by atoms with E-state index in [0.717, 1.165) is 43.6 Å². The van der Waals surface area contributed by atoms with Crippen LogP contribution in [0.25, 0.3) is 0 Å². The molecule has 3 aromatic rings. The fraction of sp³-hybridized carbons (Fsp3) is 0.387. The number of methoxy groups -OCH3 is 1. The van der Waals surface area contributed by atoms with E-state index in [-0.39, 0.29) is 17.6 Å². The van der Waals surface area contributed by atoms with E-state index in [1.165, 1.54) is 24.3 Å². The fourth-order valence-electron chi connectivity index (χ4n) is 4.49. The van der Waals surface area contributed by atoms with Crippen molar-refractivity contribution >= 4 is 11.6 Å². The maximum Gasteiger partial charge on any atom is 0.269 e. The first-order valence-corrected chi connectivity index (χ1v) is 13.5. The lowest BCUT2D eigenvalue weighted by molar-refractivity contribution is -0.384. The number of non-ortho nitro benzene ring substituents is 1. The van der Waals surface area contributed by atoms with Crippen LogP contribution in [0.2, 0.25) is 0 Å². The first kappa shape index (κ1) is 29.6. The molecule has 8 nitrogen and oxygen atoms in total. The molecule has 0 spiro atoms. The van der Waals surface area contributed by atoms with Crippen LogP contribution < -0.4 is 9.47 Å². The Morgan fingerprint density at radius 2 is 1.64 bits per heavy atom. The number of hydrogen-bond acceptors (Lipinski definition) is 6. The molecule has 0 aromatic heterocycles. The first-order chi connectivity index (χ1) is 18.9. The lowest BCUT2D eigenvalue weighted by atomic mass is 10.1. The van der Waals surface area contributed by atoms with Gasteiger partial charge in [0.25, 0.3) is 11.6 Å². The van der Waals surface area contributed by atoms with Gasteiger partial charge in [0, 0.05) is 30.3 Å². The standard InChI is InChI=1S/C31H39N3O5/c1-5-32(6-2)20-10-11-24(3)33(31(35)27-15-17-28(18-16-27)34(36)37)22-26-14-19-29(38-4)30(21-26)39-23-25-12-8-7-9-13-25/h7-9,12-19,21,24H,5-6,10-11,20,22-23H2,1-4H3. The van der Waals surface area contributed by atoms with Gasteiger partial charge in [0.2, 0.25) is 0 Å². The smallest absolute Gasteiger partial charge is 0.269 e. The molecule has 0 saturated carbocycles. The molecule has 0 radical (unpaired) electrons. The van der Waals surface area contributed by atoms with Crippen LogP contribution in [-0.2, 0) is 13.2 Å². The zero-order valence-electron chi connectivity index (χ0n) is 23.3. The lowest BCUT2D eigenvalue weighted by Crippen LogP contribution is -2.38. The zero-order valence-corrected chi connectivity index (χ0v) is 23.3. The van der Waals surface area contributed by atoms with Crippen LogP contribution in [0, 0.1) is 10.1 Å². The topological polar surface area (TPSA) is 85.2 Å². The summed E-state index contributed by atoms with van der Waals surface area (Å²) in [5, 5.41) is 11.1. The van der Waals surface area contributed by atoms with Crippen molar-refractivity contribution in [2.75, 3.05) is 26.7 Å². The molecule has 1 unspecified atom stereocenters. The van der Waals surface area contributed by atoms with Gasteiger partial charge in [-0.3, -0.25) is 14.9 Å². The van der Waals surface area contributed by atoms with Crippen LogP contribution in [0.4, 0.5) is 5.69 Å². The number of carbonyl (C=O) groups excluding carboxylic acids is 1. The van der Waals surface area contributed by atoms with Gasteiger partial charge in [0.15, 0.2) is 11.5 Å². The van der Waals surface area contributed by atoms with Crippen molar-refractivity contribution in [1.82, 2.24) is 9.80 Å². The Morgan fingerprint density at radius 1 is 0.949 bits per heavy atom. The van der Waals surface area contributed by atoms with Crippen LogP contribution in [0.5, 0.6) is 11.5 Å². The molecule has 0 bridgehead atoms. The molecular weight excluding hydrogens is 494 g/mol. The molecule has 0 heterocycles. The molecular formula is C31H39N3O5. The average molecular weight is 534 g/mol. The summed E-state index contributed by atoms with van der Waals surface area (Å²) in [5.41, 5.74) is 2.33. The van der Waals surface area contributed by atoms with Gasteiger partial charge >= 0.3 is 0 Å². The lowest BCUT2D eigenvalue weighted by Gasteiger charge is -2.30. The number of ether oxygens (including phenoxy) is 2. The van der Waals surface area contributed by atoms with Crippen molar-refractivity contribution in [2.45, 2.75) is 52.8 Å². The third kappa shape index (κ3) is 8.55. The molecule has 1 amide bonds. The maximum absolute atomic E-state index is 13.7. The summed E-state index contributed by atoms with van der Waals surface area (Å²) in [6, 6.07) is 21.4. The quantitative estimate of drug-likeness (QED) is 0.168.